The van der Waals surface area contributed by atoms with Gasteiger partial charge in [0.1, 0.15) is 0 Å². The van der Waals surface area contributed by atoms with Gasteiger partial charge in [-0.1, -0.05) is 40.4 Å². The first kappa shape index (κ1) is 17.8. The zero-order valence-corrected chi connectivity index (χ0v) is 16.6. The minimum Gasteiger partial charge on any atom is -0.335 e. The topological polar surface area (TPSA) is 93.8 Å². The van der Waals surface area contributed by atoms with Crippen LogP contribution in [0.5, 0.6) is 0 Å². The zero-order chi connectivity index (χ0) is 18.8. The lowest BCUT2D eigenvalue weighted by Crippen LogP contribution is -2.13. The number of carbonyl (C=O) groups is 1. The third-order valence-electron chi connectivity index (χ3n) is 3.59. The molecule has 136 valence electrons. The molecule has 0 aliphatic carbocycles. The van der Waals surface area contributed by atoms with Crippen molar-refractivity contribution in [1.29, 1.82) is 0 Å². The van der Waals surface area contributed by atoms with E-state index in [0.717, 1.165) is 15.0 Å². The summed E-state index contributed by atoms with van der Waals surface area (Å²) in [5, 5.41) is 17.8. The number of anilines is 1. The van der Waals surface area contributed by atoms with Crippen molar-refractivity contribution in [3.05, 3.63) is 47.5 Å². The molecule has 0 atom stereocenters. The SMILES string of the molecule is C=CCSc1nnc(NC(=O)c2cc(-c3cccs3)nc3onc(C)c23)s1. The highest BCUT2D eigenvalue weighted by Crippen LogP contribution is 2.31. The van der Waals surface area contributed by atoms with Gasteiger partial charge in [0.25, 0.3) is 11.6 Å². The summed E-state index contributed by atoms with van der Waals surface area (Å²) in [5.74, 6) is 0.431. The van der Waals surface area contributed by atoms with E-state index in [0.29, 0.717) is 33.2 Å². The van der Waals surface area contributed by atoms with Crippen molar-refractivity contribution in [3.63, 3.8) is 0 Å². The molecular weight excluding hydrogens is 402 g/mol. The van der Waals surface area contributed by atoms with Crippen molar-refractivity contribution in [2.24, 2.45) is 0 Å². The predicted molar refractivity (Wildman–Crippen MR) is 109 cm³/mol. The molecule has 0 spiro atoms. The first-order chi connectivity index (χ1) is 13.2. The number of rotatable bonds is 6. The van der Waals surface area contributed by atoms with Crippen LogP contribution in [0, 0.1) is 6.92 Å². The smallest absolute Gasteiger partial charge is 0.259 e. The fraction of sp³-hybridized carbons (Fsp3) is 0.118. The summed E-state index contributed by atoms with van der Waals surface area (Å²) in [6, 6.07) is 5.63. The summed E-state index contributed by atoms with van der Waals surface area (Å²) in [4.78, 5) is 18.4. The Bertz CT molecular complexity index is 1120. The molecule has 0 bridgehead atoms. The van der Waals surface area contributed by atoms with E-state index >= 15 is 0 Å². The van der Waals surface area contributed by atoms with Crippen LogP contribution in [0.4, 0.5) is 5.13 Å². The molecule has 0 aliphatic rings. The van der Waals surface area contributed by atoms with Crippen LogP contribution >= 0.6 is 34.4 Å². The van der Waals surface area contributed by atoms with E-state index in [9.17, 15) is 4.79 Å². The molecule has 27 heavy (non-hydrogen) atoms. The first-order valence-corrected chi connectivity index (χ1v) is 10.5. The maximum absolute atomic E-state index is 12.9. The van der Waals surface area contributed by atoms with Crippen LogP contribution in [-0.4, -0.2) is 32.0 Å². The van der Waals surface area contributed by atoms with Gasteiger partial charge in [0.15, 0.2) is 4.34 Å². The molecule has 10 heteroatoms. The largest absolute Gasteiger partial charge is 0.335 e. The minimum absolute atomic E-state index is 0.303. The Balaban J connectivity index is 1.69. The molecule has 0 saturated heterocycles. The molecule has 1 N–H and O–H groups in total. The third-order valence-corrected chi connectivity index (χ3v) is 6.45. The normalized spacial score (nSPS) is 11.0. The number of nitrogens with zero attached hydrogens (tertiary/aromatic N) is 4. The molecule has 7 nitrogen and oxygen atoms in total. The van der Waals surface area contributed by atoms with Crippen molar-refractivity contribution in [3.8, 4) is 10.6 Å². The van der Waals surface area contributed by atoms with Gasteiger partial charge in [-0.2, -0.15) is 0 Å². The summed E-state index contributed by atoms with van der Waals surface area (Å²) >= 11 is 4.37. The lowest BCUT2D eigenvalue weighted by Gasteiger charge is -2.05. The van der Waals surface area contributed by atoms with Gasteiger partial charge in [-0.05, 0) is 24.4 Å². The highest BCUT2D eigenvalue weighted by atomic mass is 32.2. The van der Waals surface area contributed by atoms with Crippen LogP contribution in [-0.2, 0) is 0 Å². The van der Waals surface area contributed by atoms with E-state index in [4.69, 9.17) is 4.52 Å². The second-order valence-electron chi connectivity index (χ2n) is 5.41. The maximum atomic E-state index is 12.9. The Labute approximate surface area is 166 Å². The second kappa shape index (κ2) is 7.59. The number of aryl methyl sites for hydroxylation is 1. The summed E-state index contributed by atoms with van der Waals surface area (Å²) in [7, 11) is 0. The minimum atomic E-state index is -0.303. The zero-order valence-electron chi connectivity index (χ0n) is 14.1. The fourth-order valence-electron chi connectivity index (χ4n) is 2.44. The van der Waals surface area contributed by atoms with Crippen LogP contribution in [0.2, 0.25) is 0 Å². The highest BCUT2D eigenvalue weighted by molar-refractivity contribution is 8.01. The number of thiophene rings is 1. The van der Waals surface area contributed by atoms with E-state index in [2.05, 4.69) is 32.2 Å². The number of aromatic nitrogens is 4. The molecule has 0 radical (unpaired) electrons. The summed E-state index contributed by atoms with van der Waals surface area (Å²) < 4.78 is 6.07. The van der Waals surface area contributed by atoms with Crippen LogP contribution < -0.4 is 5.32 Å². The molecule has 4 rings (SSSR count). The molecule has 4 heterocycles. The Hall–Kier alpha value is -2.56. The fourth-order valence-corrected chi connectivity index (χ4v) is 4.63. The van der Waals surface area contributed by atoms with Gasteiger partial charge in [-0.25, -0.2) is 4.98 Å². The average Bonchev–Trinajstić information content (AvgIpc) is 3.41. The molecule has 1 amide bonds. The van der Waals surface area contributed by atoms with Crippen LogP contribution in [0.25, 0.3) is 21.7 Å². The third kappa shape index (κ3) is 3.64. The van der Waals surface area contributed by atoms with Crippen LogP contribution in [0.15, 0.2) is 45.1 Å². The van der Waals surface area contributed by atoms with Crippen molar-refractivity contribution in [2.75, 3.05) is 11.1 Å². The predicted octanol–water partition coefficient (Wildman–Crippen LogP) is 4.64. The number of thioether (sulfide) groups is 1. The molecule has 0 fully saturated rings. The number of fused-ring (bicyclic) bond motifs is 1. The van der Waals surface area contributed by atoms with E-state index in [1.165, 1.54) is 34.4 Å². The highest BCUT2D eigenvalue weighted by Gasteiger charge is 2.20. The van der Waals surface area contributed by atoms with Gasteiger partial charge in [0.05, 0.1) is 27.2 Å². The molecule has 4 aromatic rings. The molecule has 4 aromatic heterocycles. The lowest BCUT2D eigenvalue weighted by molar-refractivity contribution is 0.102. The Morgan fingerprint density at radius 2 is 2.33 bits per heavy atom. The summed E-state index contributed by atoms with van der Waals surface area (Å²) in [6.45, 7) is 5.46. The van der Waals surface area contributed by atoms with E-state index in [1.54, 1.807) is 19.1 Å². The van der Waals surface area contributed by atoms with Gasteiger partial charge in [0.2, 0.25) is 5.13 Å². The van der Waals surface area contributed by atoms with Crippen molar-refractivity contribution in [2.45, 2.75) is 11.3 Å². The number of amides is 1. The number of pyridine rings is 1. The summed E-state index contributed by atoms with van der Waals surface area (Å²) in [6.07, 6.45) is 1.79. The molecule has 0 saturated carbocycles. The Morgan fingerprint density at radius 1 is 1.44 bits per heavy atom. The number of carbonyl (C=O) groups excluding carboxylic acids is 1. The van der Waals surface area contributed by atoms with Crippen molar-refractivity contribution in [1.82, 2.24) is 20.3 Å². The number of hydrogen-bond donors (Lipinski definition) is 1. The van der Waals surface area contributed by atoms with Crippen LogP contribution in [0.1, 0.15) is 16.1 Å². The van der Waals surface area contributed by atoms with Gasteiger partial charge >= 0.3 is 0 Å². The summed E-state index contributed by atoms with van der Waals surface area (Å²) in [5.41, 5.74) is 2.05. The molecular formula is C17H13N5O2S3. The van der Waals surface area contributed by atoms with Gasteiger partial charge in [-0.15, -0.1) is 28.1 Å². The van der Waals surface area contributed by atoms with Crippen LogP contribution in [0.3, 0.4) is 0 Å². The molecule has 0 aromatic carbocycles. The Morgan fingerprint density at radius 3 is 3.11 bits per heavy atom. The van der Waals surface area contributed by atoms with Gasteiger partial charge in [-0.3, -0.25) is 10.1 Å². The van der Waals surface area contributed by atoms with Crippen molar-refractivity contribution < 1.29 is 9.32 Å². The van der Waals surface area contributed by atoms with E-state index < -0.39 is 0 Å². The molecule has 0 aliphatic heterocycles. The second-order valence-corrected chi connectivity index (χ2v) is 8.60. The van der Waals surface area contributed by atoms with Gasteiger partial charge < -0.3 is 4.52 Å². The van der Waals surface area contributed by atoms with E-state index in [1.807, 2.05) is 17.5 Å². The maximum Gasteiger partial charge on any atom is 0.259 e. The average molecular weight is 416 g/mol. The number of nitrogens with one attached hydrogen (secondary N) is 1. The monoisotopic (exact) mass is 415 g/mol. The standard InChI is InChI=1S/C17H13N5O2S3/c1-3-6-26-17-21-20-16(27-17)19-14(23)10-8-11(12-5-4-7-25-12)18-15-13(10)9(2)22-24-15/h3-5,7-8H,1,6H2,2H3,(H,19,20,23). The quantitative estimate of drug-likeness (QED) is 0.278. The first-order valence-electron chi connectivity index (χ1n) is 7.85. The molecule has 0 unspecified atom stereocenters. The van der Waals surface area contributed by atoms with Crippen molar-refractivity contribution >= 4 is 56.6 Å². The number of hydrogen-bond acceptors (Lipinski definition) is 9. The Kier molecular flexibility index (Phi) is 5.01. The van der Waals surface area contributed by atoms with E-state index in [-0.39, 0.29) is 5.91 Å². The van der Waals surface area contributed by atoms with Gasteiger partial charge in [0, 0.05) is 5.75 Å². The lowest BCUT2D eigenvalue weighted by atomic mass is 10.1.